The van der Waals surface area contributed by atoms with E-state index in [0.29, 0.717) is 5.89 Å². The first kappa shape index (κ1) is 14.7. The maximum atomic E-state index is 12.1. The van der Waals surface area contributed by atoms with Gasteiger partial charge in [-0.25, -0.2) is 18.1 Å². The maximum Gasteiger partial charge on any atom is 0.250 e. The standard InChI is InChI=1S/C11H13BrN2O3S2/c1-3-8-5-13-9(17-8)6-14-19(15,16)10-4-7(2)11(12)18-10/h4-5,14H,3,6H2,1-2H3. The van der Waals surface area contributed by atoms with E-state index in [9.17, 15) is 8.42 Å². The van der Waals surface area contributed by atoms with Gasteiger partial charge >= 0.3 is 0 Å². The van der Waals surface area contributed by atoms with Crippen molar-refractivity contribution < 1.29 is 12.8 Å². The van der Waals surface area contributed by atoms with Crippen molar-refractivity contribution in [1.82, 2.24) is 9.71 Å². The molecule has 2 rings (SSSR count). The molecule has 2 aromatic rings. The van der Waals surface area contributed by atoms with Gasteiger partial charge < -0.3 is 4.42 Å². The predicted octanol–water partition coefficient (Wildman–Crippen LogP) is 2.85. The van der Waals surface area contributed by atoms with Gasteiger partial charge in [-0.1, -0.05) is 6.92 Å². The van der Waals surface area contributed by atoms with E-state index < -0.39 is 10.0 Å². The van der Waals surface area contributed by atoms with Crippen molar-refractivity contribution in [3.63, 3.8) is 0 Å². The fraction of sp³-hybridized carbons (Fsp3) is 0.364. The van der Waals surface area contributed by atoms with Crippen LogP contribution in [-0.4, -0.2) is 13.4 Å². The summed E-state index contributed by atoms with van der Waals surface area (Å²) in [6.07, 6.45) is 2.34. The number of sulfonamides is 1. The van der Waals surface area contributed by atoms with Crippen molar-refractivity contribution >= 4 is 37.3 Å². The van der Waals surface area contributed by atoms with Crippen LogP contribution in [0.5, 0.6) is 0 Å². The third-order valence-corrected chi connectivity index (χ3v) is 6.47. The lowest BCUT2D eigenvalue weighted by Gasteiger charge is -2.01. The SMILES string of the molecule is CCc1cnc(CNS(=O)(=O)c2cc(C)c(Br)s2)o1. The van der Waals surface area contributed by atoms with Gasteiger partial charge in [-0.15, -0.1) is 11.3 Å². The molecular formula is C11H13BrN2O3S2. The van der Waals surface area contributed by atoms with Crippen LogP contribution in [-0.2, 0) is 23.0 Å². The molecule has 0 aromatic carbocycles. The fourth-order valence-electron chi connectivity index (χ4n) is 1.39. The van der Waals surface area contributed by atoms with E-state index in [4.69, 9.17) is 4.42 Å². The Kier molecular flexibility index (Phi) is 4.44. The number of halogens is 1. The number of aromatic nitrogens is 1. The molecule has 104 valence electrons. The lowest BCUT2D eigenvalue weighted by molar-refractivity contribution is 0.452. The van der Waals surface area contributed by atoms with Crippen molar-refractivity contribution in [2.75, 3.05) is 0 Å². The molecule has 0 saturated heterocycles. The molecule has 0 fully saturated rings. The predicted molar refractivity (Wildman–Crippen MR) is 76.7 cm³/mol. The summed E-state index contributed by atoms with van der Waals surface area (Å²) in [5.74, 6) is 1.11. The number of hydrogen-bond donors (Lipinski definition) is 1. The maximum absolute atomic E-state index is 12.1. The van der Waals surface area contributed by atoms with Gasteiger partial charge in [0.1, 0.15) is 9.97 Å². The van der Waals surface area contributed by atoms with E-state index in [-0.39, 0.29) is 10.8 Å². The Morgan fingerprint density at radius 1 is 1.53 bits per heavy atom. The number of hydrogen-bond acceptors (Lipinski definition) is 5. The molecule has 1 N–H and O–H groups in total. The zero-order valence-electron chi connectivity index (χ0n) is 10.4. The molecular weight excluding hydrogens is 352 g/mol. The lowest BCUT2D eigenvalue weighted by atomic mass is 10.4. The van der Waals surface area contributed by atoms with Gasteiger partial charge in [-0.05, 0) is 34.5 Å². The Bertz CT molecular complexity index is 656. The second-order valence-corrected chi connectivity index (χ2v) is 8.28. The molecule has 0 aliphatic carbocycles. The first-order valence-electron chi connectivity index (χ1n) is 5.61. The molecule has 0 radical (unpaired) electrons. The van der Waals surface area contributed by atoms with Gasteiger partial charge in [-0.3, -0.25) is 0 Å². The number of nitrogens with zero attached hydrogens (tertiary/aromatic N) is 1. The summed E-state index contributed by atoms with van der Waals surface area (Å²) >= 11 is 4.49. The number of thiophene rings is 1. The average molecular weight is 365 g/mol. The number of oxazole rings is 1. The lowest BCUT2D eigenvalue weighted by Crippen LogP contribution is -2.22. The summed E-state index contributed by atoms with van der Waals surface area (Å²) in [6, 6.07) is 1.63. The van der Waals surface area contributed by atoms with Crippen molar-refractivity contribution in [2.45, 2.75) is 31.0 Å². The number of nitrogens with one attached hydrogen (secondary N) is 1. The summed E-state index contributed by atoms with van der Waals surface area (Å²) in [4.78, 5) is 4.01. The van der Waals surface area contributed by atoms with E-state index in [0.717, 1.165) is 21.5 Å². The molecule has 0 atom stereocenters. The van der Waals surface area contributed by atoms with Crippen molar-refractivity contribution in [1.29, 1.82) is 0 Å². The van der Waals surface area contributed by atoms with E-state index in [1.165, 1.54) is 11.3 Å². The van der Waals surface area contributed by atoms with Gasteiger partial charge in [0.05, 0.1) is 16.5 Å². The average Bonchev–Trinajstić information content (AvgIpc) is 2.95. The van der Waals surface area contributed by atoms with Crippen LogP contribution in [0, 0.1) is 6.92 Å². The highest BCUT2D eigenvalue weighted by Crippen LogP contribution is 2.30. The minimum Gasteiger partial charge on any atom is -0.444 e. The van der Waals surface area contributed by atoms with Gasteiger partial charge in [0.2, 0.25) is 5.89 Å². The minimum absolute atomic E-state index is 0.0525. The summed E-state index contributed by atoms with van der Waals surface area (Å²) in [6.45, 7) is 3.85. The smallest absolute Gasteiger partial charge is 0.250 e. The first-order valence-corrected chi connectivity index (χ1v) is 8.71. The largest absolute Gasteiger partial charge is 0.444 e. The van der Waals surface area contributed by atoms with Crippen LogP contribution in [0.15, 0.2) is 24.7 Å². The van der Waals surface area contributed by atoms with Gasteiger partial charge in [0.25, 0.3) is 10.0 Å². The molecule has 0 spiro atoms. The van der Waals surface area contributed by atoms with Crippen LogP contribution in [0.1, 0.15) is 24.1 Å². The topological polar surface area (TPSA) is 72.2 Å². The molecule has 2 heterocycles. The minimum atomic E-state index is -3.52. The van der Waals surface area contributed by atoms with Crippen LogP contribution < -0.4 is 4.72 Å². The molecule has 5 nitrogen and oxygen atoms in total. The molecule has 2 aromatic heterocycles. The fourth-order valence-corrected chi connectivity index (χ4v) is 4.63. The normalized spacial score (nSPS) is 11.9. The third-order valence-electron chi connectivity index (χ3n) is 2.46. The quantitative estimate of drug-likeness (QED) is 0.885. The van der Waals surface area contributed by atoms with E-state index >= 15 is 0 Å². The Hall–Kier alpha value is -0.700. The molecule has 0 saturated carbocycles. The van der Waals surface area contributed by atoms with Gasteiger partial charge in [-0.2, -0.15) is 0 Å². The second kappa shape index (κ2) is 5.74. The summed E-state index contributed by atoms with van der Waals surface area (Å²) in [5.41, 5.74) is 0.898. The van der Waals surface area contributed by atoms with Gasteiger partial charge in [0, 0.05) is 6.42 Å². The van der Waals surface area contributed by atoms with Crippen LogP contribution in [0.2, 0.25) is 0 Å². The third kappa shape index (κ3) is 3.44. The summed E-state index contributed by atoms with van der Waals surface area (Å²) in [7, 11) is -3.52. The Morgan fingerprint density at radius 2 is 2.26 bits per heavy atom. The van der Waals surface area contributed by atoms with Crippen molar-refractivity contribution in [3.05, 3.63) is 33.3 Å². The molecule has 0 aliphatic rings. The Balaban J connectivity index is 2.09. The molecule has 0 bridgehead atoms. The molecule has 0 unspecified atom stereocenters. The first-order chi connectivity index (χ1) is 8.92. The Morgan fingerprint density at radius 3 is 2.79 bits per heavy atom. The highest BCUT2D eigenvalue weighted by molar-refractivity contribution is 9.11. The number of aryl methyl sites for hydroxylation is 2. The number of rotatable bonds is 5. The molecule has 0 aliphatic heterocycles. The zero-order valence-corrected chi connectivity index (χ0v) is 13.7. The molecule has 19 heavy (non-hydrogen) atoms. The highest BCUT2D eigenvalue weighted by Gasteiger charge is 2.18. The zero-order chi connectivity index (χ0) is 14.0. The van der Waals surface area contributed by atoms with Crippen LogP contribution in [0.4, 0.5) is 0 Å². The highest BCUT2D eigenvalue weighted by atomic mass is 79.9. The molecule has 8 heteroatoms. The van der Waals surface area contributed by atoms with E-state index in [1.54, 1.807) is 12.3 Å². The van der Waals surface area contributed by atoms with Crippen molar-refractivity contribution in [3.8, 4) is 0 Å². The molecule has 0 amide bonds. The van der Waals surface area contributed by atoms with Crippen molar-refractivity contribution in [2.24, 2.45) is 0 Å². The second-order valence-electron chi connectivity index (χ2n) is 3.92. The monoisotopic (exact) mass is 364 g/mol. The summed E-state index contributed by atoms with van der Waals surface area (Å²) in [5, 5.41) is 0. The Labute approximate surface area is 124 Å². The van der Waals surface area contributed by atoms with Crippen LogP contribution in [0.3, 0.4) is 0 Å². The van der Waals surface area contributed by atoms with Crippen LogP contribution >= 0.6 is 27.3 Å². The van der Waals surface area contributed by atoms with Crippen LogP contribution in [0.25, 0.3) is 0 Å². The van der Waals surface area contributed by atoms with E-state index in [1.807, 2.05) is 13.8 Å². The summed E-state index contributed by atoms with van der Waals surface area (Å²) < 4.78 is 33.0. The van der Waals surface area contributed by atoms with E-state index in [2.05, 4.69) is 25.6 Å². The van der Waals surface area contributed by atoms with Gasteiger partial charge in [0.15, 0.2) is 0 Å².